The molecule has 3 aromatic heterocycles. The van der Waals surface area contributed by atoms with E-state index in [1.54, 1.807) is 0 Å². The topological polar surface area (TPSA) is 141 Å². The molecule has 20 heteroatoms. The molecule has 5 aromatic rings. The van der Waals surface area contributed by atoms with Crippen LogP contribution < -0.4 is 9.80 Å². The van der Waals surface area contributed by atoms with Gasteiger partial charge in [-0.3, -0.25) is 23.5 Å². The molecule has 0 spiro atoms. The van der Waals surface area contributed by atoms with Crippen LogP contribution in [0.1, 0.15) is 36.9 Å². The number of hydrogen-bond acceptors (Lipinski definition) is 12. The van der Waals surface area contributed by atoms with Crippen molar-refractivity contribution >= 4 is 19.2 Å². The van der Waals surface area contributed by atoms with Crippen molar-refractivity contribution in [1.29, 1.82) is 0 Å². The predicted octanol–water partition coefficient (Wildman–Crippen LogP) is 7.06. The van der Waals surface area contributed by atoms with Gasteiger partial charge < -0.3 is 14.9 Å². The quantitative estimate of drug-likeness (QED) is 0.102. The van der Waals surface area contributed by atoms with Gasteiger partial charge in [0.05, 0.1) is 37.3 Å². The average molecular weight is 805 g/mol. The molecule has 2 aliphatic heterocycles. The van der Waals surface area contributed by atoms with Gasteiger partial charge in [0.2, 0.25) is 6.10 Å². The van der Waals surface area contributed by atoms with Gasteiger partial charge in [0.15, 0.2) is 11.4 Å². The van der Waals surface area contributed by atoms with Gasteiger partial charge in [-0.15, -0.1) is 5.10 Å². The van der Waals surface area contributed by atoms with Gasteiger partial charge in [-0.2, -0.15) is 22.0 Å². The van der Waals surface area contributed by atoms with Crippen LogP contribution in [-0.4, -0.2) is 80.9 Å². The summed E-state index contributed by atoms with van der Waals surface area (Å²) in [5.41, 5.74) is -1.54. The number of nitrogens with zero attached hydrogens (tertiary/aromatic N) is 8. The number of phosphoric ester groups is 1. The lowest BCUT2D eigenvalue weighted by atomic mass is 9.80. The molecule has 0 amide bonds. The summed E-state index contributed by atoms with van der Waals surface area (Å²) in [7, 11) is -4.49. The molecule has 56 heavy (non-hydrogen) atoms. The number of aliphatic hydroxyl groups is 1. The fraction of sp³-hybridized carbons (Fsp3) is 0.361. The smallest absolute Gasteiger partial charge is 0.377 e. The standard InChI is InChI=1S/C36H35F6N8O5P/c1-3-53-56(52,54-4-2)55-32(36(40,41)42)30-13-11-27(21-43-30)49-17-15-48(16-18-49)26-9-5-23(6-10-26)24-7-14-31(44-20-24)35(38,39)34(51)22-50-33(45-46-47-50)28-19-25(37)8-12-29(28)34/h5-14,19-21,32,51H,3-4,15-18,22H2,1-2H3/t32?,34-/m0/s1. The summed E-state index contributed by atoms with van der Waals surface area (Å²) in [6.45, 7) is 4.10. The number of piperazine rings is 1. The van der Waals surface area contributed by atoms with E-state index in [4.69, 9.17) is 13.6 Å². The number of pyridine rings is 2. The molecule has 5 heterocycles. The van der Waals surface area contributed by atoms with Crippen molar-refractivity contribution in [2.24, 2.45) is 0 Å². The van der Waals surface area contributed by atoms with Crippen molar-refractivity contribution in [2.75, 3.05) is 49.2 Å². The van der Waals surface area contributed by atoms with Gasteiger partial charge in [0, 0.05) is 54.8 Å². The second-order valence-electron chi connectivity index (χ2n) is 13.0. The van der Waals surface area contributed by atoms with E-state index in [1.165, 1.54) is 44.4 Å². The minimum Gasteiger partial charge on any atom is -0.377 e. The van der Waals surface area contributed by atoms with Crippen molar-refractivity contribution < 1.29 is 49.6 Å². The summed E-state index contributed by atoms with van der Waals surface area (Å²) in [5.74, 6) is -4.57. The molecule has 2 aromatic carbocycles. The molecule has 0 aliphatic carbocycles. The lowest BCUT2D eigenvalue weighted by Crippen LogP contribution is -2.49. The lowest BCUT2D eigenvalue weighted by Gasteiger charge is -2.39. The van der Waals surface area contributed by atoms with E-state index in [9.17, 15) is 27.2 Å². The Kier molecular flexibility index (Phi) is 10.7. The molecule has 2 aliphatic rings. The van der Waals surface area contributed by atoms with E-state index in [1.807, 2.05) is 29.2 Å². The Balaban J connectivity index is 0.994. The van der Waals surface area contributed by atoms with E-state index in [0.29, 0.717) is 43.0 Å². The zero-order valence-electron chi connectivity index (χ0n) is 29.9. The molecule has 0 radical (unpaired) electrons. The molecule has 0 saturated carbocycles. The van der Waals surface area contributed by atoms with E-state index in [-0.39, 0.29) is 30.2 Å². The molecule has 13 nitrogen and oxygen atoms in total. The molecule has 1 unspecified atom stereocenters. The van der Waals surface area contributed by atoms with Gasteiger partial charge in [-0.05, 0) is 72.3 Å². The number of hydrogen-bond donors (Lipinski definition) is 1. The highest BCUT2D eigenvalue weighted by molar-refractivity contribution is 7.48. The molecular weight excluding hydrogens is 769 g/mol. The van der Waals surface area contributed by atoms with Gasteiger partial charge in [-0.25, -0.2) is 13.6 Å². The van der Waals surface area contributed by atoms with Crippen molar-refractivity contribution in [2.45, 2.75) is 44.2 Å². The Morgan fingerprint density at radius 1 is 0.839 bits per heavy atom. The number of phosphoric acid groups is 1. The summed E-state index contributed by atoms with van der Waals surface area (Å²) in [4.78, 5) is 12.1. The minimum atomic E-state index is -4.94. The van der Waals surface area contributed by atoms with Gasteiger partial charge in [0.25, 0.3) is 0 Å². The molecule has 0 bridgehead atoms. The first-order valence-corrected chi connectivity index (χ1v) is 19.0. The third-order valence-corrected chi connectivity index (χ3v) is 11.2. The van der Waals surface area contributed by atoms with Gasteiger partial charge in [0.1, 0.15) is 11.5 Å². The summed E-state index contributed by atoms with van der Waals surface area (Å²) in [6.07, 6.45) is -4.97. The number of tetrazole rings is 1. The maximum atomic E-state index is 16.2. The van der Waals surface area contributed by atoms with Crippen molar-refractivity contribution in [3.8, 4) is 22.5 Å². The molecule has 1 saturated heterocycles. The fourth-order valence-electron chi connectivity index (χ4n) is 6.75. The summed E-state index contributed by atoms with van der Waals surface area (Å²) < 4.78 is 117. The Morgan fingerprint density at radius 2 is 1.48 bits per heavy atom. The second kappa shape index (κ2) is 15.2. The van der Waals surface area contributed by atoms with E-state index < -0.39 is 55.4 Å². The van der Waals surface area contributed by atoms with Crippen LogP contribution in [0, 0.1) is 5.82 Å². The van der Waals surface area contributed by atoms with Crippen LogP contribution in [0.25, 0.3) is 22.5 Å². The third-order valence-electron chi connectivity index (χ3n) is 9.54. The van der Waals surface area contributed by atoms with Crippen LogP contribution in [0.4, 0.5) is 37.7 Å². The Bertz CT molecular complexity index is 2190. The van der Waals surface area contributed by atoms with E-state index in [0.717, 1.165) is 34.6 Å². The first kappa shape index (κ1) is 39.3. The summed E-state index contributed by atoms with van der Waals surface area (Å²) in [5, 5.41) is 22.5. The average Bonchev–Trinajstić information content (AvgIpc) is 3.66. The summed E-state index contributed by atoms with van der Waals surface area (Å²) in [6, 6.07) is 15.8. The van der Waals surface area contributed by atoms with Crippen molar-refractivity contribution in [3.05, 3.63) is 102 Å². The van der Waals surface area contributed by atoms with Crippen LogP contribution in [-0.2, 0) is 36.2 Å². The monoisotopic (exact) mass is 804 g/mol. The van der Waals surface area contributed by atoms with Gasteiger partial charge >= 0.3 is 19.9 Å². The number of fused-ring (bicyclic) bond motifs is 3. The highest BCUT2D eigenvalue weighted by Crippen LogP contribution is 2.56. The SMILES string of the molecule is CCOP(=O)(OCC)OC(c1ccc(N2CCN(c3ccc(-c4ccc(C(F)(F)[C@]5(O)Cn6nnnc6-c6cc(F)ccc65)nc4)cc3)CC2)cn1)C(F)(F)F. The zero-order valence-corrected chi connectivity index (χ0v) is 30.8. The maximum absolute atomic E-state index is 16.2. The van der Waals surface area contributed by atoms with Crippen LogP contribution in [0.5, 0.6) is 0 Å². The van der Waals surface area contributed by atoms with Crippen LogP contribution in [0.2, 0.25) is 0 Å². The normalized spacial score (nSPS) is 18.1. The third kappa shape index (κ3) is 7.48. The fourth-order valence-corrected chi connectivity index (χ4v) is 8.07. The minimum absolute atomic E-state index is 0.0484. The molecule has 2 atom stereocenters. The number of benzene rings is 2. The van der Waals surface area contributed by atoms with Crippen molar-refractivity contribution in [1.82, 2.24) is 30.2 Å². The second-order valence-corrected chi connectivity index (χ2v) is 14.6. The Morgan fingerprint density at radius 3 is 2.07 bits per heavy atom. The van der Waals surface area contributed by atoms with Crippen LogP contribution in [0.15, 0.2) is 79.1 Å². The lowest BCUT2D eigenvalue weighted by molar-refractivity contribution is -0.207. The molecule has 1 fully saturated rings. The number of halogens is 6. The highest BCUT2D eigenvalue weighted by atomic mass is 31.2. The molecule has 7 rings (SSSR count). The molecular formula is C36H35F6N8O5P. The van der Waals surface area contributed by atoms with Crippen LogP contribution in [0.3, 0.4) is 0 Å². The van der Waals surface area contributed by atoms with Crippen LogP contribution >= 0.6 is 7.82 Å². The molecule has 296 valence electrons. The zero-order chi connectivity index (χ0) is 39.9. The number of alkyl halides is 5. The Labute approximate surface area is 316 Å². The maximum Gasteiger partial charge on any atom is 0.475 e. The first-order valence-electron chi connectivity index (χ1n) is 17.5. The Hall–Kier alpha value is -4.94. The van der Waals surface area contributed by atoms with E-state index in [2.05, 4.69) is 30.4 Å². The van der Waals surface area contributed by atoms with Crippen molar-refractivity contribution in [3.63, 3.8) is 0 Å². The first-order chi connectivity index (χ1) is 26.7. The highest BCUT2D eigenvalue weighted by Gasteiger charge is 2.59. The number of aromatic nitrogens is 6. The predicted molar refractivity (Wildman–Crippen MR) is 190 cm³/mol. The summed E-state index contributed by atoms with van der Waals surface area (Å²) >= 11 is 0. The largest absolute Gasteiger partial charge is 0.475 e. The van der Waals surface area contributed by atoms with Gasteiger partial charge in [-0.1, -0.05) is 24.3 Å². The number of anilines is 2. The molecule has 1 N–H and O–H groups in total. The number of rotatable bonds is 12. The van der Waals surface area contributed by atoms with E-state index >= 15 is 8.78 Å².